The minimum atomic E-state index is -7.83. The van der Waals surface area contributed by atoms with Crippen molar-refractivity contribution in [2.24, 2.45) is 0 Å². The van der Waals surface area contributed by atoms with Crippen LogP contribution >= 0.6 is 22.6 Å². The van der Waals surface area contributed by atoms with Crippen molar-refractivity contribution in [1.29, 1.82) is 0 Å². The Kier molecular flexibility index (Phi) is 13.5. The molecule has 0 aromatic rings. The second-order valence-corrected chi connectivity index (χ2v) is 10.4. The van der Waals surface area contributed by atoms with Crippen molar-refractivity contribution in [3.63, 3.8) is 0 Å². The molecule has 0 saturated carbocycles. The van der Waals surface area contributed by atoms with Crippen LogP contribution in [0.2, 0.25) is 0 Å². The standard InChI is InChI=1S/C21H30F13I/c1-2-3-4-5-6-7-8-9-10-11-12-13-15(35)14-16(22,23)17(24,25)18(26,27)19(28,29)20(30,31)21(32,33)34/h15H,2-14H2,1H3. The zero-order valence-electron chi connectivity index (χ0n) is 19.1. The predicted molar refractivity (Wildman–Crippen MR) is 114 cm³/mol. The van der Waals surface area contributed by atoms with Gasteiger partial charge < -0.3 is 0 Å². The maximum absolute atomic E-state index is 13.9. The van der Waals surface area contributed by atoms with Gasteiger partial charge in [0.15, 0.2) is 0 Å². The summed E-state index contributed by atoms with van der Waals surface area (Å²) in [4.78, 5) is 0. The molecule has 1 atom stereocenters. The van der Waals surface area contributed by atoms with Gasteiger partial charge in [-0.25, -0.2) is 0 Å². The van der Waals surface area contributed by atoms with E-state index in [1.54, 1.807) is 0 Å². The van der Waals surface area contributed by atoms with Crippen LogP contribution in [-0.4, -0.2) is 39.7 Å². The summed E-state index contributed by atoms with van der Waals surface area (Å²) in [6, 6.07) is 0. The molecule has 0 aliphatic heterocycles. The van der Waals surface area contributed by atoms with Gasteiger partial charge in [-0.2, -0.15) is 57.1 Å². The predicted octanol–water partition coefficient (Wildman–Crippen LogP) is 10.6. The van der Waals surface area contributed by atoms with Crippen LogP contribution in [0.25, 0.3) is 0 Å². The van der Waals surface area contributed by atoms with Crippen LogP contribution in [0.4, 0.5) is 57.1 Å². The number of unbranched alkanes of at least 4 members (excludes halogenated alkanes) is 10. The molecule has 0 fully saturated rings. The van der Waals surface area contributed by atoms with E-state index < -0.39 is 46.1 Å². The Bertz CT molecular complexity index is 603. The van der Waals surface area contributed by atoms with E-state index in [2.05, 4.69) is 6.92 Å². The van der Waals surface area contributed by atoms with Crippen molar-refractivity contribution < 1.29 is 57.1 Å². The number of alkyl halides is 14. The minimum absolute atomic E-state index is 0.191. The normalized spacial score (nSPS) is 15.5. The lowest BCUT2D eigenvalue weighted by Crippen LogP contribution is -2.70. The average Bonchev–Trinajstić information content (AvgIpc) is 2.70. The highest BCUT2D eigenvalue weighted by molar-refractivity contribution is 14.1. The first-order valence-corrected chi connectivity index (χ1v) is 12.5. The van der Waals surface area contributed by atoms with E-state index in [1.165, 1.54) is 29.0 Å². The second kappa shape index (κ2) is 13.6. The largest absolute Gasteiger partial charge is 0.460 e. The van der Waals surface area contributed by atoms with Gasteiger partial charge in [-0.15, -0.1) is 0 Å². The molecule has 212 valence electrons. The van der Waals surface area contributed by atoms with E-state index in [1.807, 2.05) is 0 Å². The molecule has 0 amide bonds. The molecule has 0 nitrogen and oxygen atoms in total. The van der Waals surface area contributed by atoms with Crippen LogP contribution < -0.4 is 0 Å². The summed E-state index contributed by atoms with van der Waals surface area (Å²) in [5.41, 5.74) is 0. The smallest absolute Gasteiger partial charge is 0.200 e. The Morgan fingerprint density at radius 1 is 0.486 bits per heavy atom. The molecule has 0 radical (unpaired) electrons. The van der Waals surface area contributed by atoms with Crippen molar-refractivity contribution in [1.82, 2.24) is 0 Å². The lowest BCUT2D eigenvalue weighted by Gasteiger charge is -2.40. The van der Waals surface area contributed by atoms with Crippen molar-refractivity contribution >= 4 is 22.6 Å². The molecule has 0 aromatic heterocycles. The van der Waals surface area contributed by atoms with Gasteiger partial charge in [0.25, 0.3) is 0 Å². The van der Waals surface area contributed by atoms with Gasteiger partial charge in [0, 0.05) is 10.3 Å². The number of halogens is 14. The molecule has 0 saturated heterocycles. The van der Waals surface area contributed by atoms with E-state index in [-0.39, 0.29) is 12.8 Å². The zero-order chi connectivity index (χ0) is 27.8. The summed E-state index contributed by atoms with van der Waals surface area (Å²) in [5, 5.41) is 0. The topological polar surface area (TPSA) is 0 Å². The van der Waals surface area contributed by atoms with Crippen LogP contribution in [-0.2, 0) is 0 Å². The van der Waals surface area contributed by atoms with Crippen LogP contribution in [0.5, 0.6) is 0 Å². The van der Waals surface area contributed by atoms with Crippen molar-refractivity contribution in [2.75, 3.05) is 0 Å². The first kappa shape index (κ1) is 34.8. The Morgan fingerprint density at radius 3 is 1.20 bits per heavy atom. The highest BCUT2D eigenvalue weighted by Gasteiger charge is 2.90. The van der Waals surface area contributed by atoms with E-state index in [0.29, 0.717) is 12.8 Å². The average molecular weight is 656 g/mol. The van der Waals surface area contributed by atoms with Crippen LogP contribution in [0.1, 0.15) is 90.4 Å². The summed E-state index contributed by atoms with van der Waals surface area (Å²) in [7, 11) is 0. The van der Waals surface area contributed by atoms with E-state index in [9.17, 15) is 57.1 Å². The molecule has 0 spiro atoms. The van der Waals surface area contributed by atoms with Crippen LogP contribution in [0.15, 0.2) is 0 Å². The van der Waals surface area contributed by atoms with Gasteiger partial charge in [-0.3, -0.25) is 0 Å². The van der Waals surface area contributed by atoms with Gasteiger partial charge in [0.2, 0.25) is 0 Å². The summed E-state index contributed by atoms with van der Waals surface area (Å²) in [5.74, 6) is -36.4. The molecule has 0 aliphatic rings. The van der Waals surface area contributed by atoms with Gasteiger partial charge in [0.1, 0.15) is 0 Å². The first-order chi connectivity index (χ1) is 15.7. The molecule has 0 bridgehead atoms. The Labute approximate surface area is 209 Å². The van der Waals surface area contributed by atoms with Crippen molar-refractivity contribution in [2.45, 2.75) is 130 Å². The second-order valence-electron chi connectivity index (χ2n) is 8.63. The van der Waals surface area contributed by atoms with Gasteiger partial charge in [0.05, 0.1) is 0 Å². The Hall–Kier alpha value is -0.180. The number of hydrogen-bond acceptors (Lipinski definition) is 0. The highest BCUT2D eigenvalue weighted by Crippen LogP contribution is 2.61. The van der Waals surface area contributed by atoms with Crippen LogP contribution in [0, 0.1) is 0 Å². The molecule has 0 rings (SSSR count). The van der Waals surface area contributed by atoms with Gasteiger partial charge in [-0.1, -0.05) is 100 Å². The van der Waals surface area contributed by atoms with Gasteiger partial charge in [-0.05, 0) is 6.42 Å². The molecule has 0 aliphatic carbocycles. The fourth-order valence-corrected chi connectivity index (χ4v) is 4.33. The number of hydrogen-bond donors (Lipinski definition) is 0. The maximum Gasteiger partial charge on any atom is 0.460 e. The third-order valence-electron chi connectivity index (χ3n) is 5.60. The lowest BCUT2D eigenvalue weighted by molar-refractivity contribution is -0.440. The molecule has 35 heavy (non-hydrogen) atoms. The quantitative estimate of drug-likeness (QED) is 0.0596. The molecule has 0 heterocycles. The Morgan fingerprint density at radius 2 is 0.829 bits per heavy atom. The highest BCUT2D eigenvalue weighted by atomic mass is 127. The van der Waals surface area contributed by atoms with Crippen molar-refractivity contribution in [3.8, 4) is 0 Å². The maximum atomic E-state index is 13.9. The van der Waals surface area contributed by atoms with E-state index in [0.717, 1.165) is 44.9 Å². The summed E-state index contributed by atoms with van der Waals surface area (Å²) >= 11 is 1.20. The van der Waals surface area contributed by atoms with Crippen LogP contribution in [0.3, 0.4) is 0 Å². The molecular formula is C21H30F13I. The molecule has 0 aromatic carbocycles. The minimum Gasteiger partial charge on any atom is -0.200 e. The molecular weight excluding hydrogens is 626 g/mol. The fraction of sp³-hybridized carbons (Fsp3) is 1.00. The van der Waals surface area contributed by atoms with E-state index in [4.69, 9.17) is 0 Å². The summed E-state index contributed by atoms with van der Waals surface area (Å²) in [6.45, 7) is 2.10. The molecule has 0 N–H and O–H groups in total. The number of rotatable bonds is 18. The van der Waals surface area contributed by atoms with Gasteiger partial charge >= 0.3 is 35.8 Å². The SMILES string of the molecule is CCCCCCCCCCCCCC(I)CC(F)(F)C(F)(F)C(F)(F)C(F)(F)C(F)(F)C(F)(F)F. The monoisotopic (exact) mass is 656 g/mol. The first-order valence-electron chi connectivity index (χ1n) is 11.3. The fourth-order valence-electron chi connectivity index (χ4n) is 3.34. The third kappa shape index (κ3) is 8.68. The van der Waals surface area contributed by atoms with Crippen molar-refractivity contribution in [3.05, 3.63) is 0 Å². The molecule has 14 heteroatoms. The van der Waals surface area contributed by atoms with E-state index >= 15 is 0 Å². The Balaban J connectivity index is 4.82. The summed E-state index contributed by atoms with van der Waals surface area (Å²) < 4.78 is 169. The molecule has 1 unspecified atom stereocenters. The zero-order valence-corrected chi connectivity index (χ0v) is 21.2. The third-order valence-corrected chi connectivity index (χ3v) is 6.66. The summed E-state index contributed by atoms with van der Waals surface area (Å²) in [6.07, 6.45) is 0.204. The lowest BCUT2D eigenvalue weighted by atomic mass is 9.91.